The predicted molar refractivity (Wildman–Crippen MR) is 78.3 cm³/mol. The minimum absolute atomic E-state index is 0.123. The Kier molecular flexibility index (Phi) is 6.25. The van der Waals surface area contributed by atoms with Crippen LogP contribution < -0.4 is 10.1 Å². The lowest BCUT2D eigenvalue weighted by Crippen LogP contribution is -2.19. The molecule has 2 rings (SSSR count). The number of aromatic nitrogens is 1. The van der Waals surface area contributed by atoms with Gasteiger partial charge < -0.3 is 10.1 Å². The molecule has 1 aliphatic carbocycles. The summed E-state index contributed by atoms with van der Waals surface area (Å²) in [6.07, 6.45) is 9.69. The van der Waals surface area contributed by atoms with Gasteiger partial charge in [0.05, 0.1) is 0 Å². The van der Waals surface area contributed by atoms with Gasteiger partial charge in [0.25, 0.3) is 5.88 Å². The van der Waals surface area contributed by atoms with E-state index < -0.39 is 0 Å². The summed E-state index contributed by atoms with van der Waals surface area (Å²) in [7, 11) is 0. The zero-order chi connectivity index (χ0) is 14.2. The summed E-state index contributed by atoms with van der Waals surface area (Å²) >= 11 is 0. The van der Waals surface area contributed by atoms with Crippen LogP contribution in [0.25, 0.3) is 0 Å². The second-order valence-corrected chi connectivity index (χ2v) is 5.50. The number of rotatable bonds is 6. The van der Waals surface area contributed by atoms with Crippen molar-refractivity contribution in [2.75, 3.05) is 6.54 Å². The van der Waals surface area contributed by atoms with E-state index in [9.17, 15) is 4.39 Å². The quantitative estimate of drug-likeness (QED) is 0.635. The van der Waals surface area contributed by atoms with Gasteiger partial charge in [0.2, 0.25) is 0 Å². The fourth-order valence-corrected chi connectivity index (χ4v) is 2.60. The van der Waals surface area contributed by atoms with Gasteiger partial charge in [0, 0.05) is 18.3 Å². The van der Waals surface area contributed by atoms with E-state index >= 15 is 0 Å². The molecule has 0 saturated heterocycles. The molecule has 0 radical (unpaired) electrons. The normalized spacial score (nSPS) is 16.9. The van der Waals surface area contributed by atoms with Crippen molar-refractivity contribution in [1.82, 2.24) is 10.3 Å². The van der Waals surface area contributed by atoms with Gasteiger partial charge in [-0.1, -0.05) is 19.8 Å². The molecule has 1 fully saturated rings. The molecule has 0 bridgehead atoms. The minimum Gasteiger partial charge on any atom is -0.472 e. The number of hydrogen-bond donors (Lipinski definition) is 1. The maximum Gasteiger partial charge on any atom is 0.250 e. The zero-order valence-electron chi connectivity index (χ0n) is 12.3. The third kappa shape index (κ3) is 4.44. The van der Waals surface area contributed by atoms with Crippen molar-refractivity contribution >= 4 is 0 Å². The Hall–Kier alpha value is -1.16. The van der Waals surface area contributed by atoms with Crippen molar-refractivity contribution < 1.29 is 9.13 Å². The molecule has 1 N–H and O–H groups in total. The average Bonchev–Trinajstić information content (AvgIpc) is 2.72. The van der Waals surface area contributed by atoms with E-state index in [-0.39, 0.29) is 17.8 Å². The van der Waals surface area contributed by atoms with Gasteiger partial charge in [-0.05, 0) is 44.7 Å². The fourth-order valence-electron chi connectivity index (χ4n) is 2.60. The molecule has 1 heterocycles. The molecule has 4 heteroatoms. The van der Waals surface area contributed by atoms with E-state index in [0.29, 0.717) is 12.1 Å². The van der Waals surface area contributed by atoms with Gasteiger partial charge >= 0.3 is 0 Å². The van der Waals surface area contributed by atoms with Crippen molar-refractivity contribution in [2.24, 2.45) is 0 Å². The minimum atomic E-state index is -0.305. The molecule has 1 aromatic rings. The highest BCUT2D eigenvalue weighted by atomic mass is 19.1. The molecule has 20 heavy (non-hydrogen) atoms. The average molecular weight is 280 g/mol. The van der Waals surface area contributed by atoms with E-state index in [0.717, 1.165) is 25.8 Å². The van der Waals surface area contributed by atoms with E-state index in [2.05, 4.69) is 17.2 Å². The SMILES string of the molecule is CCCNCc1ccnc(OC2CCCCCC2)c1F. The summed E-state index contributed by atoms with van der Waals surface area (Å²) in [4.78, 5) is 4.07. The molecular weight excluding hydrogens is 255 g/mol. The Labute approximate surface area is 120 Å². The van der Waals surface area contributed by atoms with Crippen LogP contribution in [0, 0.1) is 5.82 Å². The summed E-state index contributed by atoms with van der Waals surface area (Å²) in [5.74, 6) is -0.131. The maximum absolute atomic E-state index is 14.3. The van der Waals surface area contributed by atoms with Crippen molar-refractivity contribution in [3.63, 3.8) is 0 Å². The highest BCUT2D eigenvalue weighted by Gasteiger charge is 2.18. The van der Waals surface area contributed by atoms with E-state index in [1.165, 1.54) is 25.7 Å². The van der Waals surface area contributed by atoms with Crippen molar-refractivity contribution in [3.8, 4) is 5.88 Å². The summed E-state index contributed by atoms with van der Waals surface area (Å²) in [6, 6.07) is 1.72. The third-order valence-corrected chi connectivity index (χ3v) is 3.76. The van der Waals surface area contributed by atoms with Crippen LogP contribution in [0.5, 0.6) is 5.88 Å². The molecule has 1 aliphatic rings. The monoisotopic (exact) mass is 280 g/mol. The van der Waals surface area contributed by atoms with Crippen LogP contribution >= 0.6 is 0 Å². The molecule has 1 saturated carbocycles. The lowest BCUT2D eigenvalue weighted by Gasteiger charge is -2.17. The highest BCUT2D eigenvalue weighted by Crippen LogP contribution is 2.24. The molecule has 0 aliphatic heterocycles. The molecule has 3 nitrogen and oxygen atoms in total. The first kappa shape index (κ1) is 15.2. The van der Waals surface area contributed by atoms with Gasteiger partial charge in [0.1, 0.15) is 6.10 Å². The molecule has 0 amide bonds. The number of nitrogens with one attached hydrogen (secondary N) is 1. The Morgan fingerprint density at radius 1 is 1.30 bits per heavy atom. The standard InChI is InChI=1S/C16H25FN2O/c1-2-10-18-12-13-9-11-19-16(15(13)17)20-14-7-5-3-4-6-8-14/h9,11,14,18H,2-8,10,12H2,1H3. The Balaban J connectivity index is 1.98. The van der Waals surface area contributed by atoms with Crippen LogP contribution in [0.15, 0.2) is 12.3 Å². The van der Waals surface area contributed by atoms with Crippen LogP contribution in [0.3, 0.4) is 0 Å². The van der Waals surface area contributed by atoms with Crippen LogP contribution in [-0.4, -0.2) is 17.6 Å². The Morgan fingerprint density at radius 2 is 2.05 bits per heavy atom. The van der Waals surface area contributed by atoms with Crippen LogP contribution in [0.1, 0.15) is 57.4 Å². The zero-order valence-corrected chi connectivity index (χ0v) is 12.3. The first-order chi connectivity index (χ1) is 9.81. The summed E-state index contributed by atoms with van der Waals surface area (Å²) in [5, 5.41) is 3.21. The maximum atomic E-state index is 14.3. The number of pyridine rings is 1. The van der Waals surface area contributed by atoms with Gasteiger partial charge in [0.15, 0.2) is 5.82 Å². The Morgan fingerprint density at radius 3 is 2.75 bits per heavy atom. The lowest BCUT2D eigenvalue weighted by atomic mass is 10.1. The lowest BCUT2D eigenvalue weighted by molar-refractivity contribution is 0.167. The number of hydrogen-bond acceptors (Lipinski definition) is 3. The Bertz CT molecular complexity index is 403. The second-order valence-electron chi connectivity index (χ2n) is 5.50. The van der Waals surface area contributed by atoms with Crippen molar-refractivity contribution in [1.29, 1.82) is 0 Å². The van der Waals surface area contributed by atoms with Crippen LogP contribution in [0.4, 0.5) is 4.39 Å². The smallest absolute Gasteiger partial charge is 0.250 e. The van der Waals surface area contributed by atoms with Crippen LogP contribution in [0.2, 0.25) is 0 Å². The summed E-state index contributed by atoms with van der Waals surface area (Å²) in [6.45, 7) is 3.51. The molecule has 1 aromatic heterocycles. The first-order valence-electron chi connectivity index (χ1n) is 7.82. The molecular formula is C16H25FN2O. The van der Waals surface area contributed by atoms with Gasteiger partial charge in [-0.2, -0.15) is 0 Å². The van der Waals surface area contributed by atoms with E-state index in [1.807, 2.05) is 0 Å². The van der Waals surface area contributed by atoms with E-state index in [1.54, 1.807) is 12.3 Å². The molecule has 0 atom stereocenters. The van der Waals surface area contributed by atoms with Gasteiger partial charge in [-0.15, -0.1) is 0 Å². The number of ether oxygens (including phenoxy) is 1. The van der Waals surface area contributed by atoms with Crippen LogP contribution in [-0.2, 0) is 6.54 Å². The number of nitrogens with zero attached hydrogens (tertiary/aromatic N) is 1. The summed E-state index contributed by atoms with van der Waals surface area (Å²) in [5.41, 5.74) is 0.636. The predicted octanol–water partition coefficient (Wildman–Crippen LogP) is 3.82. The molecule has 0 aromatic carbocycles. The topological polar surface area (TPSA) is 34.2 Å². The number of halogens is 1. The molecule has 0 spiro atoms. The van der Waals surface area contributed by atoms with E-state index in [4.69, 9.17) is 4.74 Å². The highest BCUT2D eigenvalue weighted by molar-refractivity contribution is 5.23. The summed E-state index contributed by atoms with van der Waals surface area (Å²) < 4.78 is 20.1. The van der Waals surface area contributed by atoms with Gasteiger partial charge in [-0.25, -0.2) is 9.37 Å². The fraction of sp³-hybridized carbons (Fsp3) is 0.688. The largest absolute Gasteiger partial charge is 0.472 e. The van der Waals surface area contributed by atoms with Crippen molar-refractivity contribution in [3.05, 3.63) is 23.6 Å². The second kappa shape index (κ2) is 8.20. The third-order valence-electron chi connectivity index (χ3n) is 3.76. The molecule has 0 unspecified atom stereocenters. The van der Waals surface area contributed by atoms with Crippen molar-refractivity contribution in [2.45, 2.75) is 64.5 Å². The first-order valence-corrected chi connectivity index (χ1v) is 7.82. The van der Waals surface area contributed by atoms with Gasteiger partial charge in [-0.3, -0.25) is 0 Å². The molecule has 112 valence electrons.